The minimum absolute atomic E-state index is 0.140. The molecule has 0 aromatic heterocycles. The number of carbonyl (C=O) groups is 1. The fraction of sp³-hybridized carbons (Fsp3) is 0. The summed E-state index contributed by atoms with van der Waals surface area (Å²) in [7, 11) is -3.63. The maximum absolute atomic E-state index is 12.2. The topological polar surface area (TPSA) is 63.2 Å². The molecule has 0 saturated heterocycles. The first kappa shape index (κ1) is 15.3. The molecule has 4 nitrogen and oxygen atoms in total. The Morgan fingerprint density at radius 1 is 1.00 bits per heavy atom. The van der Waals surface area contributed by atoms with Gasteiger partial charge in [0.1, 0.15) is 0 Å². The molecule has 0 unspecified atom stereocenters. The quantitative estimate of drug-likeness (QED) is 0.679. The van der Waals surface area contributed by atoms with Crippen molar-refractivity contribution in [1.29, 1.82) is 0 Å². The van der Waals surface area contributed by atoms with Crippen LogP contribution in [0, 0.1) is 0 Å². The van der Waals surface area contributed by atoms with Crippen molar-refractivity contribution in [3.8, 4) is 0 Å². The lowest BCUT2D eigenvalue weighted by molar-refractivity contribution is -0.107. The SMILES string of the molecule is O=C(Cl)/C=C/c1ccc(S(=O)(=O)Nc2ccccc2)cc1. The van der Waals surface area contributed by atoms with Gasteiger partial charge >= 0.3 is 0 Å². The first-order valence-electron chi connectivity index (χ1n) is 6.03. The second-order valence-electron chi connectivity index (χ2n) is 4.18. The van der Waals surface area contributed by atoms with Crippen LogP contribution in [0.1, 0.15) is 5.56 Å². The molecule has 0 fully saturated rings. The van der Waals surface area contributed by atoms with E-state index in [0.717, 1.165) is 0 Å². The van der Waals surface area contributed by atoms with Gasteiger partial charge in [0.2, 0.25) is 5.24 Å². The molecule has 0 radical (unpaired) electrons. The number of allylic oxidation sites excluding steroid dienone is 1. The van der Waals surface area contributed by atoms with Crippen molar-refractivity contribution in [1.82, 2.24) is 0 Å². The molecule has 0 atom stereocenters. The number of sulfonamides is 1. The fourth-order valence-electron chi connectivity index (χ4n) is 1.64. The first-order chi connectivity index (χ1) is 9.97. The number of para-hydroxylation sites is 1. The van der Waals surface area contributed by atoms with Gasteiger partial charge in [0.05, 0.1) is 4.90 Å². The van der Waals surface area contributed by atoms with Crippen molar-refractivity contribution in [3.63, 3.8) is 0 Å². The number of anilines is 1. The van der Waals surface area contributed by atoms with Crippen LogP contribution in [0.25, 0.3) is 6.08 Å². The third-order valence-corrected chi connectivity index (χ3v) is 4.15. The Balaban J connectivity index is 2.19. The highest BCUT2D eigenvalue weighted by molar-refractivity contribution is 7.92. The number of carbonyl (C=O) groups excluding carboxylic acids is 1. The Hall–Kier alpha value is -2.11. The molecular weight excluding hydrogens is 310 g/mol. The third-order valence-electron chi connectivity index (χ3n) is 2.62. The predicted molar refractivity (Wildman–Crippen MR) is 83.6 cm³/mol. The van der Waals surface area contributed by atoms with Crippen LogP contribution in [-0.4, -0.2) is 13.7 Å². The van der Waals surface area contributed by atoms with E-state index in [1.807, 2.05) is 0 Å². The number of halogens is 1. The Labute approximate surface area is 128 Å². The van der Waals surface area contributed by atoms with Gasteiger partial charge in [-0.25, -0.2) is 8.42 Å². The van der Waals surface area contributed by atoms with Crippen LogP contribution in [0.4, 0.5) is 5.69 Å². The summed E-state index contributed by atoms with van der Waals surface area (Å²) >= 11 is 5.19. The van der Waals surface area contributed by atoms with Crippen molar-refractivity contribution >= 4 is 38.6 Å². The van der Waals surface area contributed by atoms with Crippen LogP contribution in [0.3, 0.4) is 0 Å². The molecule has 21 heavy (non-hydrogen) atoms. The van der Waals surface area contributed by atoms with Crippen molar-refractivity contribution < 1.29 is 13.2 Å². The lowest BCUT2D eigenvalue weighted by Crippen LogP contribution is -2.12. The van der Waals surface area contributed by atoms with E-state index >= 15 is 0 Å². The normalized spacial score (nSPS) is 11.5. The van der Waals surface area contributed by atoms with Crippen LogP contribution in [0.15, 0.2) is 65.6 Å². The standard InChI is InChI=1S/C15H12ClNO3S/c16-15(18)11-8-12-6-9-14(10-7-12)21(19,20)17-13-4-2-1-3-5-13/h1-11,17H/b11-8+. The highest BCUT2D eigenvalue weighted by Gasteiger charge is 2.13. The van der Waals surface area contributed by atoms with Gasteiger partial charge in [0.15, 0.2) is 0 Å². The van der Waals surface area contributed by atoms with Gasteiger partial charge in [-0.3, -0.25) is 9.52 Å². The van der Waals surface area contributed by atoms with Crippen LogP contribution >= 0.6 is 11.6 Å². The molecule has 0 amide bonds. The molecule has 1 N–H and O–H groups in total. The lowest BCUT2D eigenvalue weighted by atomic mass is 10.2. The van der Waals surface area contributed by atoms with E-state index in [9.17, 15) is 13.2 Å². The monoisotopic (exact) mass is 321 g/mol. The number of benzene rings is 2. The minimum atomic E-state index is -3.63. The minimum Gasteiger partial charge on any atom is -0.280 e. The molecule has 6 heteroatoms. The largest absolute Gasteiger partial charge is 0.280 e. The molecule has 0 spiro atoms. The molecule has 2 aromatic rings. The zero-order valence-corrected chi connectivity index (χ0v) is 12.4. The van der Waals surface area contributed by atoms with Crippen LogP contribution in [0.2, 0.25) is 0 Å². The van der Waals surface area contributed by atoms with Crippen molar-refractivity contribution in [2.45, 2.75) is 4.90 Å². The molecule has 0 aliphatic carbocycles. The van der Waals surface area contributed by atoms with E-state index in [2.05, 4.69) is 4.72 Å². The van der Waals surface area contributed by atoms with E-state index in [-0.39, 0.29) is 4.90 Å². The van der Waals surface area contributed by atoms with E-state index < -0.39 is 15.3 Å². The lowest BCUT2D eigenvalue weighted by Gasteiger charge is -2.08. The molecule has 0 aliphatic heterocycles. The Kier molecular flexibility index (Phi) is 4.77. The van der Waals surface area contributed by atoms with E-state index in [1.54, 1.807) is 42.5 Å². The molecule has 0 bridgehead atoms. The van der Waals surface area contributed by atoms with Crippen molar-refractivity contribution in [3.05, 3.63) is 66.2 Å². The summed E-state index contributed by atoms with van der Waals surface area (Å²) in [5.41, 5.74) is 1.18. The van der Waals surface area contributed by atoms with Gasteiger partial charge in [0, 0.05) is 5.69 Å². The number of hydrogen-bond donors (Lipinski definition) is 1. The summed E-state index contributed by atoms with van der Waals surface area (Å²) in [5.74, 6) is 0. The van der Waals surface area contributed by atoms with Gasteiger partial charge in [-0.2, -0.15) is 0 Å². The Morgan fingerprint density at radius 2 is 1.62 bits per heavy atom. The number of rotatable bonds is 5. The number of nitrogens with one attached hydrogen (secondary N) is 1. The van der Waals surface area contributed by atoms with Crippen LogP contribution in [-0.2, 0) is 14.8 Å². The van der Waals surface area contributed by atoms with Gasteiger partial charge in [-0.05, 0) is 47.5 Å². The van der Waals surface area contributed by atoms with E-state index in [1.165, 1.54) is 24.3 Å². The van der Waals surface area contributed by atoms with Crippen LogP contribution < -0.4 is 4.72 Å². The molecule has 108 valence electrons. The summed E-state index contributed by atoms with van der Waals surface area (Å²) in [4.78, 5) is 10.8. The average molecular weight is 322 g/mol. The van der Waals surface area contributed by atoms with E-state index in [0.29, 0.717) is 11.3 Å². The van der Waals surface area contributed by atoms with Crippen LogP contribution in [0.5, 0.6) is 0 Å². The first-order valence-corrected chi connectivity index (χ1v) is 7.89. The number of hydrogen-bond acceptors (Lipinski definition) is 3. The predicted octanol–water partition coefficient (Wildman–Crippen LogP) is 3.27. The zero-order valence-electron chi connectivity index (χ0n) is 10.9. The molecule has 0 heterocycles. The summed E-state index contributed by atoms with van der Waals surface area (Å²) in [6.45, 7) is 0. The summed E-state index contributed by atoms with van der Waals surface area (Å²) in [6, 6.07) is 14.7. The highest BCUT2D eigenvalue weighted by Crippen LogP contribution is 2.16. The highest BCUT2D eigenvalue weighted by atomic mass is 35.5. The molecule has 0 saturated carbocycles. The summed E-state index contributed by atoms with van der Waals surface area (Å²) < 4.78 is 26.8. The van der Waals surface area contributed by atoms with Crippen molar-refractivity contribution in [2.24, 2.45) is 0 Å². The molecule has 2 aromatic carbocycles. The fourth-order valence-corrected chi connectivity index (χ4v) is 2.76. The molecule has 0 aliphatic rings. The Bertz CT molecular complexity index is 753. The van der Waals surface area contributed by atoms with E-state index in [4.69, 9.17) is 11.6 Å². The second kappa shape index (κ2) is 6.56. The smallest absolute Gasteiger partial charge is 0.261 e. The average Bonchev–Trinajstić information content (AvgIpc) is 2.46. The van der Waals surface area contributed by atoms with Gasteiger partial charge in [-0.15, -0.1) is 0 Å². The summed E-state index contributed by atoms with van der Waals surface area (Å²) in [6.07, 6.45) is 2.71. The molecule has 2 rings (SSSR count). The van der Waals surface area contributed by atoms with Gasteiger partial charge < -0.3 is 0 Å². The maximum atomic E-state index is 12.2. The maximum Gasteiger partial charge on any atom is 0.261 e. The third kappa shape index (κ3) is 4.44. The second-order valence-corrected chi connectivity index (χ2v) is 6.23. The summed E-state index contributed by atoms with van der Waals surface area (Å²) in [5, 5.41) is -0.586. The Morgan fingerprint density at radius 3 is 2.19 bits per heavy atom. The van der Waals surface area contributed by atoms with Crippen molar-refractivity contribution in [2.75, 3.05) is 4.72 Å². The van der Waals surface area contributed by atoms with Gasteiger partial charge in [0.25, 0.3) is 10.0 Å². The zero-order chi connectivity index (χ0) is 15.3. The van der Waals surface area contributed by atoms with Gasteiger partial charge in [-0.1, -0.05) is 36.4 Å². The molecular formula is C15H12ClNO3S.